The van der Waals surface area contributed by atoms with Gasteiger partial charge in [0.25, 0.3) is 5.91 Å². The van der Waals surface area contributed by atoms with Crippen LogP contribution in [0, 0.1) is 6.92 Å². The van der Waals surface area contributed by atoms with Crippen molar-refractivity contribution >= 4 is 17.5 Å². The molecule has 0 spiro atoms. The lowest BCUT2D eigenvalue weighted by atomic mass is 10.0. The van der Waals surface area contributed by atoms with Crippen molar-refractivity contribution in [2.24, 2.45) is 0 Å². The van der Waals surface area contributed by atoms with Crippen molar-refractivity contribution in [2.75, 3.05) is 5.32 Å². The van der Waals surface area contributed by atoms with Crippen molar-refractivity contribution < 1.29 is 9.90 Å². The maximum atomic E-state index is 12.2. The van der Waals surface area contributed by atoms with Crippen LogP contribution in [-0.2, 0) is 12.1 Å². The van der Waals surface area contributed by atoms with Crippen molar-refractivity contribution in [1.29, 1.82) is 0 Å². The number of aliphatic hydroxyl groups is 1. The standard InChI is InChI=1S/C28H30N6O2/c1-6-34-27(31-23-14-21-17(3)30-26(35)22(21)13-16(23)2)32-25(33-34)19-9-7-18(8-10-19)20-11-12-24(29-15-20)28(4,5)36/h7-15,17,36H,6H2,1-5H3,(H,30,35)(H,31,32,33). The summed E-state index contributed by atoms with van der Waals surface area (Å²) in [6.45, 7) is 10.1. The molecule has 0 fully saturated rings. The van der Waals surface area contributed by atoms with E-state index in [2.05, 4.69) is 15.6 Å². The molecule has 0 radical (unpaired) electrons. The number of carbonyl (C=O) groups excluding carboxylic acids is 1. The van der Waals surface area contributed by atoms with Crippen molar-refractivity contribution in [2.45, 2.75) is 52.8 Å². The van der Waals surface area contributed by atoms with E-state index in [4.69, 9.17) is 10.1 Å². The Bertz CT molecular complexity index is 1430. The average Bonchev–Trinajstić information content (AvgIpc) is 3.39. The highest BCUT2D eigenvalue weighted by molar-refractivity contribution is 6.00. The zero-order valence-corrected chi connectivity index (χ0v) is 21.1. The molecule has 0 saturated carbocycles. The Kier molecular flexibility index (Phi) is 5.84. The lowest BCUT2D eigenvalue weighted by Crippen LogP contribution is -2.17. The minimum atomic E-state index is -0.969. The van der Waals surface area contributed by atoms with Gasteiger partial charge in [-0.2, -0.15) is 4.98 Å². The first-order chi connectivity index (χ1) is 17.1. The average molecular weight is 483 g/mol. The number of rotatable bonds is 6. The lowest BCUT2D eigenvalue weighted by molar-refractivity contribution is 0.0738. The van der Waals surface area contributed by atoms with Crippen molar-refractivity contribution in [3.8, 4) is 22.5 Å². The van der Waals surface area contributed by atoms with Gasteiger partial charge >= 0.3 is 0 Å². The number of aromatic nitrogens is 4. The molecule has 8 nitrogen and oxygen atoms in total. The van der Waals surface area contributed by atoms with Crippen molar-refractivity contribution in [1.82, 2.24) is 25.1 Å². The van der Waals surface area contributed by atoms with Crippen LogP contribution in [0.4, 0.5) is 11.6 Å². The minimum absolute atomic E-state index is 0.0201. The molecule has 8 heteroatoms. The summed E-state index contributed by atoms with van der Waals surface area (Å²) in [5.41, 5.74) is 6.15. The molecule has 2 aromatic carbocycles. The molecule has 1 atom stereocenters. The van der Waals surface area contributed by atoms with Crippen LogP contribution in [-0.4, -0.2) is 30.8 Å². The lowest BCUT2D eigenvalue weighted by Gasteiger charge is -2.16. The first-order valence-electron chi connectivity index (χ1n) is 12.1. The first-order valence-corrected chi connectivity index (χ1v) is 12.1. The Hall–Kier alpha value is -4.04. The monoisotopic (exact) mass is 482 g/mol. The van der Waals surface area contributed by atoms with E-state index in [9.17, 15) is 9.90 Å². The van der Waals surface area contributed by atoms with Gasteiger partial charge in [-0.1, -0.05) is 30.3 Å². The highest BCUT2D eigenvalue weighted by atomic mass is 16.3. The number of benzene rings is 2. The second-order valence-electron chi connectivity index (χ2n) is 9.72. The van der Waals surface area contributed by atoms with Crippen LogP contribution in [0.3, 0.4) is 0 Å². The first kappa shape index (κ1) is 23.7. The van der Waals surface area contributed by atoms with E-state index < -0.39 is 5.60 Å². The molecule has 0 aliphatic carbocycles. The molecule has 0 saturated heterocycles. The van der Waals surface area contributed by atoms with Gasteiger partial charge in [0.05, 0.1) is 11.7 Å². The maximum Gasteiger partial charge on any atom is 0.252 e. The molecule has 36 heavy (non-hydrogen) atoms. The van der Waals surface area contributed by atoms with E-state index in [0.717, 1.165) is 39.1 Å². The Morgan fingerprint density at radius 2 is 1.78 bits per heavy atom. The summed E-state index contributed by atoms with van der Waals surface area (Å²) in [7, 11) is 0. The van der Waals surface area contributed by atoms with Crippen molar-refractivity contribution in [3.05, 3.63) is 77.1 Å². The number of nitrogens with one attached hydrogen (secondary N) is 2. The number of nitrogens with zero attached hydrogens (tertiary/aromatic N) is 4. The van der Waals surface area contributed by atoms with Gasteiger partial charge in [0.2, 0.25) is 5.95 Å². The second kappa shape index (κ2) is 8.87. The van der Waals surface area contributed by atoms with Crippen LogP contribution >= 0.6 is 0 Å². The number of hydrogen-bond donors (Lipinski definition) is 3. The van der Waals surface area contributed by atoms with Crippen LogP contribution in [0.5, 0.6) is 0 Å². The fourth-order valence-electron chi connectivity index (χ4n) is 4.40. The zero-order valence-electron chi connectivity index (χ0n) is 21.1. The summed E-state index contributed by atoms with van der Waals surface area (Å²) in [5.74, 6) is 1.25. The normalized spacial score (nSPS) is 15.1. The predicted octanol–water partition coefficient (Wildman–Crippen LogP) is 5.11. The van der Waals surface area contributed by atoms with E-state index in [1.807, 2.05) is 74.0 Å². The number of fused-ring (bicyclic) bond motifs is 1. The van der Waals surface area contributed by atoms with Gasteiger partial charge in [-0.3, -0.25) is 9.78 Å². The summed E-state index contributed by atoms with van der Waals surface area (Å²) >= 11 is 0. The highest BCUT2D eigenvalue weighted by Crippen LogP contribution is 2.32. The molecular formula is C28H30N6O2. The highest BCUT2D eigenvalue weighted by Gasteiger charge is 2.26. The molecule has 184 valence electrons. The Morgan fingerprint density at radius 1 is 1.08 bits per heavy atom. The number of hydrogen-bond acceptors (Lipinski definition) is 6. The predicted molar refractivity (Wildman–Crippen MR) is 140 cm³/mol. The van der Waals surface area contributed by atoms with E-state index >= 15 is 0 Å². The minimum Gasteiger partial charge on any atom is -0.384 e. The van der Waals surface area contributed by atoms with Gasteiger partial charge in [0.1, 0.15) is 5.60 Å². The third-order valence-electron chi connectivity index (χ3n) is 6.54. The maximum absolute atomic E-state index is 12.2. The molecule has 1 unspecified atom stereocenters. The number of carbonyl (C=O) groups is 1. The van der Waals surface area contributed by atoms with Crippen molar-refractivity contribution in [3.63, 3.8) is 0 Å². The SMILES string of the molecule is CCn1nc(-c2ccc(-c3ccc(C(C)(C)O)nc3)cc2)nc1Nc1cc2c(cc1C)C(=O)NC2C. The molecule has 4 aromatic rings. The third kappa shape index (κ3) is 4.35. The molecule has 1 amide bonds. The summed E-state index contributed by atoms with van der Waals surface area (Å²) in [6.07, 6.45) is 1.78. The number of aryl methyl sites for hydroxylation is 2. The fraction of sp³-hybridized carbons (Fsp3) is 0.286. The Morgan fingerprint density at radius 3 is 2.42 bits per heavy atom. The molecule has 5 rings (SSSR count). The van der Waals surface area contributed by atoms with Gasteiger partial charge in [-0.05, 0) is 69.5 Å². The zero-order chi connectivity index (χ0) is 25.6. The summed E-state index contributed by atoms with van der Waals surface area (Å²) in [5, 5.41) is 21.2. The molecule has 0 bridgehead atoms. The van der Waals surface area contributed by atoms with Gasteiger partial charge in [0, 0.05) is 35.1 Å². The topological polar surface area (TPSA) is 105 Å². The van der Waals surface area contributed by atoms with Gasteiger partial charge in [-0.25, -0.2) is 4.68 Å². The van der Waals surface area contributed by atoms with E-state index in [-0.39, 0.29) is 11.9 Å². The number of pyridine rings is 1. The van der Waals surface area contributed by atoms with Gasteiger partial charge in [0.15, 0.2) is 5.82 Å². The molecule has 3 N–H and O–H groups in total. The van der Waals surface area contributed by atoms with Crippen LogP contribution < -0.4 is 10.6 Å². The quantitative estimate of drug-likeness (QED) is 0.353. The summed E-state index contributed by atoms with van der Waals surface area (Å²) in [6, 6.07) is 15.8. The second-order valence-corrected chi connectivity index (χ2v) is 9.72. The van der Waals surface area contributed by atoms with Crippen LogP contribution in [0.15, 0.2) is 54.7 Å². The molecular weight excluding hydrogens is 452 g/mol. The molecule has 1 aliphatic heterocycles. The number of amides is 1. The van der Waals surface area contributed by atoms with Gasteiger partial charge < -0.3 is 15.7 Å². The largest absolute Gasteiger partial charge is 0.384 e. The molecule has 2 aromatic heterocycles. The molecule has 3 heterocycles. The Balaban J connectivity index is 1.40. The molecule has 1 aliphatic rings. The Labute approximate surface area is 210 Å². The third-order valence-corrected chi connectivity index (χ3v) is 6.54. The van der Waals surface area contributed by atoms with E-state index in [1.165, 1.54) is 0 Å². The summed E-state index contributed by atoms with van der Waals surface area (Å²) in [4.78, 5) is 21.3. The number of anilines is 2. The van der Waals surface area contributed by atoms with Crippen LogP contribution in [0.25, 0.3) is 22.5 Å². The smallest absolute Gasteiger partial charge is 0.252 e. The van der Waals surface area contributed by atoms with Crippen LogP contribution in [0.2, 0.25) is 0 Å². The van der Waals surface area contributed by atoms with E-state index in [1.54, 1.807) is 20.0 Å². The van der Waals surface area contributed by atoms with Gasteiger partial charge in [-0.15, -0.1) is 5.10 Å². The van der Waals surface area contributed by atoms with Crippen LogP contribution in [0.1, 0.15) is 60.9 Å². The van der Waals surface area contributed by atoms with E-state index in [0.29, 0.717) is 24.0 Å². The summed E-state index contributed by atoms with van der Waals surface area (Å²) < 4.78 is 1.84. The fourth-order valence-corrected chi connectivity index (χ4v) is 4.40.